The van der Waals surface area contributed by atoms with Crippen molar-refractivity contribution < 1.29 is 29.4 Å². The minimum absolute atomic E-state index is 0.0236. The van der Waals surface area contributed by atoms with Crippen LogP contribution in [0.15, 0.2) is 0 Å². The molecule has 0 aromatic rings. The maximum atomic E-state index is 12.6. The maximum Gasteiger partial charge on any atom is 0.328 e. The molecule has 1 saturated heterocycles. The van der Waals surface area contributed by atoms with Gasteiger partial charge < -0.3 is 37.2 Å². The SMILES string of the molecule is NCCCCC(NC(=O)C(CS)NC(=O)C1CCCN1)C(=O)NC(CO)C(=O)O. The van der Waals surface area contributed by atoms with Gasteiger partial charge in [-0.2, -0.15) is 12.6 Å². The zero-order chi connectivity index (χ0) is 21.8. The Morgan fingerprint density at radius 3 is 2.24 bits per heavy atom. The number of carboxylic acid groups (broad SMARTS) is 1. The molecule has 0 aromatic carbocycles. The Labute approximate surface area is 175 Å². The van der Waals surface area contributed by atoms with Crippen molar-refractivity contribution >= 4 is 36.3 Å². The summed E-state index contributed by atoms with van der Waals surface area (Å²) in [6, 6.07) is -3.84. The van der Waals surface area contributed by atoms with Crippen molar-refractivity contribution in [3.05, 3.63) is 0 Å². The number of hydrogen-bond acceptors (Lipinski definition) is 8. The zero-order valence-electron chi connectivity index (χ0n) is 16.2. The lowest BCUT2D eigenvalue weighted by Gasteiger charge is -2.24. The topological polar surface area (TPSA) is 183 Å². The molecule has 4 atom stereocenters. The van der Waals surface area contributed by atoms with Crippen LogP contribution in [-0.2, 0) is 19.2 Å². The number of aliphatic hydroxyl groups excluding tert-OH is 1. The van der Waals surface area contributed by atoms with Crippen molar-refractivity contribution in [2.45, 2.75) is 56.3 Å². The summed E-state index contributed by atoms with van der Waals surface area (Å²) in [6.45, 7) is 0.351. The van der Waals surface area contributed by atoms with Crippen LogP contribution in [0.2, 0.25) is 0 Å². The van der Waals surface area contributed by atoms with E-state index in [-0.39, 0.29) is 24.1 Å². The van der Waals surface area contributed by atoms with Crippen LogP contribution in [0.25, 0.3) is 0 Å². The minimum Gasteiger partial charge on any atom is -0.480 e. The average molecular weight is 434 g/mol. The first-order valence-electron chi connectivity index (χ1n) is 9.63. The highest BCUT2D eigenvalue weighted by atomic mass is 32.1. The molecule has 1 fully saturated rings. The van der Waals surface area contributed by atoms with E-state index in [9.17, 15) is 19.2 Å². The Balaban J connectivity index is 2.74. The highest BCUT2D eigenvalue weighted by molar-refractivity contribution is 7.80. The third kappa shape index (κ3) is 8.56. The molecule has 8 N–H and O–H groups in total. The lowest BCUT2D eigenvalue weighted by Crippen LogP contribution is -2.57. The number of aliphatic hydroxyl groups is 1. The molecule has 1 rings (SSSR count). The number of unbranched alkanes of at least 4 members (excludes halogenated alkanes) is 1. The first kappa shape index (κ1) is 25.1. The van der Waals surface area contributed by atoms with Crippen LogP contribution in [0, 0.1) is 0 Å². The quantitative estimate of drug-likeness (QED) is 0.114. The summed E-state index contributed by atoms with van der Waals surface area (Å²) in [4.78, 5) is 48.3. The van der Waals surface area contributed by atoms with E-state index in [1.54, 1.807) is 0 Å². The minimum atomic E-state index is -1.48. The number of nitrogens with two attached hydrogens (primary N) is 1. The Bertz CT molecular complexity index is 573. The van der Waals surface area contributed by atoms with E-state index in [0.29, 0.717) is 25.8 Å². The number of nitrogens with one attached hydrogen (secondary N) is 4. The van der Waals surface area contributed by atoms with Crippen molar-refractivity contribution in [3.8, 4) is 0 Å². The standard InChI is InChI=1S/C17H31N5O6S/c18-6-2-1-4-11(15(25)21-12(8-23)17(27)28)20-16(26)13(9-29)22-14(24)10-5-3-7-19-10/h10-13,19,23,29H,1-9,18H2,(H,20,26)(H,21,25)(H,22,24)(H,27,28). The fourth-order valence-corrected chi connectivity index (χ4v) is 3.12. The van der Waals surface area contributed by atoms with E-state index in [4.69, 9.17) is 15.9 Å². The van der Waals surface area contributed by atoms with Crippen LogP contribution in [0.5, 0.6) is 0 Å². The second-order valence-corrected chi connectivity index (χ2v) is 7.19. The number of rotatable bonds is 13. The molecule has 11 nitrogen and oxygen atoms in total. The maximum absolute atomic E-state index is 12.6. The predicted octanol–water partition coefficient (Wildman–Crippen LogP) is -2.67. The van der Waals surface area contributed by atoms with Crippen LogP contribution < -0.4 is 27.0 Å². The molecule has 0 saturated carbocycles. The van der Waals surface area contributed by atoms with E-state index < -0.39 is 42.5 Å². The Hall–Kier alpha value is -1.89. The molecule has 4 unspecified atom stereocenters. The second-order valence-electron chi connectivity index (χ2n) is 6.82. The Kier molecular flexibility index (Phi) is 11.6. The summed E-state index contributed by atoms with van der Waals surface area (Å²) >= 11 is 4.11. The third-order valence-corrected chi connectivity index (χ3v) is 4.93. The van der Waals surface area contributed by atoms with Crippen molar-refractivity contribution in [2.24, 2.45) is 5.73 Å². The molecule has 3 amide bonds. The molecule has 166 valence electrons. The summed E-state index contributed by atoms with van der Waals surface area (Å²) < 4.78 is 0. The molecule has 0 bridgehead atoms. The smallest absolute Gasteiger partial charge is 0.328 e. The number of amides is 3. The second kappa shape index (κ2) is 13.4. The van der Waals surface area contributed by atoms with Gasteiger partial charge in [0, 0.05) is 5.75 Å². The summed E-state index contributed by atoms with van der Waals surface area (Å²) in [5.41, 5.74) is 5.46. The molecular weight excluding hydrogens is 402 g/mol. The molecule has 0 spiro atoms. The first-order valence-corrected chi connectivity index (χ1v) is 10.3. The summed E-state index contributed by atoms with van der Waals surface area (Å²) in [5, 5.41) is 28.5. The van der Waals surface area contributed by atoms with E-state index >= 15 is 0 Å². The van der Waals surface area contributed by atoms with E-state index in [0.717, 1.165) is 13.0 Å². The van der Waals surface area contributed by atoms with E-state index in [1.807, 2.05) is 0 Å². The molecule has 0 aromatic heterocycles. The van der Waals surface area contributed by atoms with Crippen molar-refractivity contribution in [1.29, 1.82) is 0 Å². The normalized spacial score (nSPS) is 19.1. The highest BCUT2D eigenvalue weighted by Crippen LogP contribution is 2.06. The van der Waals surface area contributed by atoms with Crippen molar-refractivity contribution in [1.82, 2.24) is 21.3 Å². The monoisotopic (exact) mass is 433 g/mol. The van der Waals surface area contributed by atoms with E-state index in [2.05, 4.69) is 33.9 Å². The van der Waals surface area contributed by atoms with Crippen LogP contribution in [0.3, 0.4) is 0 Å². The van der Waals surface area contributed by atoms with Gasteiger partial charge in [-0.05, 0) is 45.2 Å². The fraction of sp³-hybridized carbons (Fsp3) is 0.765. The van der Waals surface area contributed by atoms with Gasteiger partial charge in [-0.3, -0.25) is 14.4 Å². The number of aliphatic carboxylic acids is 1. The van der Waals surface area contributed by atoms with Gasteiger partial charge in [0.25, 0.3) is 0 Å². The summed E-state index contributed by atoms with van der Waals surface area (Å²) in [7, 11) is 0. The van der Waals surface area contributed by atoms with E-state index in [1.165, 1.54) is 0 Å². The Morgan fingerprint density at radius 1 is 1.07 bits per heavy atom. The molecule has 12 heteroatoms. The molecule has 1 aliphatic heterocycles. The molecule has 0 radical (unpaired) electrons. The first-order chi connectivity index (χ1) is 13.8. The molecule has 0 aliphatic carbocycles. The average Bonchev–Trinajstić information content (AvgIpc) is 3.23. The van der Waals surface area contributed by atoms with Gasteiger partial charge >= 0.3 is 5.97 Å². The van der Waals surface area contributed by atoms with Gasteiger partial charge in [0.05, 0.1) is 12.6 Å². The molecule has 1 heterocycles. The fourth-order valence-electron chi connectivity index (χ4n) is 2.87. The lowest BCUT2D eigenvalue weighted by atomic mass is 10.1. The van der Waals surface area contributed by atoms with Gasteiger partial charge in [0.2, 0.25) is 17.7 Å². The van der Waals surface area contributed by atoms with Crippen molar-refractivity contribution in [3.63, 3.8) is 0 Å². The molecule has 1 aliphatic rings. The zero-order valence-corrected chi connectivity index (χ0v) is 17.1. The van der Waals surface area contributed by atoms with Crippen LogP contribution in [0.1, 0.15) is 32.1 Å². The summed E-state index contributed by atoms with van der Waals surface area (Å²) in [6.07, 6.45) is 2.91. The predicted molar refractivity (Wildman–Crippen MR) is 108 cm³/mol. The highest BCUT2D eigenvalue weighted by Gasteiger charge is 2.30. The molecular formula is C17H31N5O6S. The largest absolute Gasteiger partial charge is 0.480 e. The van der Waals surface area contributed by atoms with Gasteiger partial charge in [-0.1, -0.05) is 0 Å². The van der Waals surface area contributed by atoms with Gasteiger partial charge in [0.15, 0.2) is 0 Å². The number of hydrogen-bond donors (Lipinski definition) is 8. The van der Waals surface area contributed by atoms with Crippen molar-refractivity contribution in [2.75, 3.05) is 25.4 Å². The lowest BCUT2D eigenvalue weighted by molar-refractivity contribution is -0.143. The number of thiol groups is 1. The van der Waals surface area contributed by atoms with Gasteiger partial charge in [-0.25, -0.2) is 4.79 Å². The Morgan fingerprint density at radius 2 is 1.72 bits per heavy atom. The van der Waals surface area contributed by atoms with Crippen LogP contribution in [-0.4, -0.2) is 83.5 Å². The van der Waals surface area contributed by atoms with Crippen LogP contribution >= 0.6 is 12.6 Å². The number of carbonyl (C=O) groups is 4. The number of carboxylic acids is 1. The van der Waals surface area contributed by atoms with Gasteiger partial charge in [-0.15, -0.1) is 0 Å². The summed E-state index contributed by atoms with van der Waals surface area (Å²) in [5.74, 6) is -3.02. The van der Waals surface area contributed by atoms with Crippen LogP contribution in [0.4, 0.5) is 0 Å². The van der Waals surface area contributed by atoms with Gasteiger partial charge in [0.1, 0.15) is 18.1 Å². The molecule has 29 heavy (non-hydrogen) atoms. The third-order valence-electron chi connectivity index (χ3n) is 4.57. The number of carbonyl (C=O) groups excluding carboxylic acids is 3.